The van der Waals surface area contributed by atoms with Crippen LogP contribution in [0.5, 0.6) is 0 Å². The van der Waals surface area contributed by atoms with Crippen molar-refractivity contribution in [3.63, 3.8) is 0 Å². The van der Waals surface area contributed by atoms with Gasteiger partial charge in [0.1, 0.15) is 5.76 Å². The van der Waals surface area contributed by atoms with Crippen LogP contribution in [0, 0.1) is 6.92 Å². The minimum Gasteiger partial charge on any atom is -0.456 e. The van der Waals surface area contributed by atoms with E-state index in [4.69, 9.17) is 0 Å². The van der Waals surface area contributed by atoms with Crippen LogP contribution in [-0.4, -0.2) is 71.7 Å². The molecule has 0 unspecified atom stereocenters. The molecule has 0 atom stereocenters. The van der Waals surface area contributed by atoms with E-state index in [1.165, 1.54) is 21.6 Å². The third-order valence-corrected chi connectivity index (χ3v) is 4.77. The maximum Gasteiger partial charge on any atom is 0.450 e. The third kappa shape index (κ3) is 3.93. The van der Waals surface area contributed by atoms with Crippen LogP contribution in [0.3, 0.4) is 0 Å². The van der Waals surface area contributed by atoms with Gasteiger partial charge in [0.05, 0.1) is 5.56 Å². The van der Waals surface area contributed by atoms with E-state index >= 15 is 0 Å². The monoisotopic (exact) mass is 387 g/mol. The molecule has 0 aromatic carbocycles. The molecule has 0 radical (unpaired) electrons. The number of hydrogen-bond donors (Lipinski definition) is 0. The summed E-state index contributed by atoms with van der Waals surface area (Å²) in [5.74, 6) is -3.29. The van der Waals surface area contributed by atoms with Crippen LogP contribution >= 0.6 is 0 Å². The van der Waals surface area contributed by atoms with Crippen LogP contribution in [0.4, 0.5) is 13.2 Å². The normalized spacial score (nSPS) is 18.1. The Kier molecular flexibility index (Phi) is 5.16. The minimum atomic E-state index is -4.76. The fourth-order valence-corrected chi connectivity index (χ4v) is 3.36. The zero-order valence-electron chi connectivity index (χ0n) is 14.8. The van der Waals surface area contributed by atoms with E-state index in [1.54, 1.807) is 0 Å². The summed E-state index contributed by atoms with van der Waals surface area (Å²) >= 11 is 0. The largest absolute Gasteiger partial charge is 0.456 e. The highest BCUT2D eigenvalue weighted by Gasteiger charge is 2.41. The highest BCUT2D eigenvalue weighted by Crippen LogP contribution is 2.34. The summed E-state index contributed by atoms with van der Waals surface area (Å²) in [5, 5.41) is 0. The summed E-state index contributed by atoms with van der Waals surface area (Å²) < 4.78 is 43.8. The minimum absolute atomic E-state index is 0.00398. The quantitative estimate of drug-likeness (QED) is 0.685. The van der Waals surface area contributed by atoms with E-state index in [1.807, 2.05) is 0 Å². The fraction of sp³-hybridized carbons (Fsp3) is 0.588. The van der Waals surface area contributed by atoms with Crippen LogP contribution in [0.25, 0.3) is 0 Å². The number of nitrogens with zero attached hydrogens (tertiary/aromatic N) is 3. The lowest BCUT2D eigenvalue weighted by atomic mass is 10.2. The number of piperazine rings is 1. The number of rotatable bonds is 1. The SMILES string of the molecule is Cc1cc(C(=O)N2CCN(C(=O)C(=O)N3CCCC3)CC2)c(C(F)(F)F)o1. The Labute approximate surface area is 153 Å². The molecule has 0 spiro atoms. The molecule has 2 saturated heterocycles. The lowest BCUT2D eigenvalue weighted by molar-refractivity contribution is -0.153. The molecule has 3 heterocycles. The van der Waals surface area contributed by atoms with E-state index in [9.17, 15) is 27.6 Å². The summed E-state index contributed by atoms with van der Waals surface area (Å²) in [6.45, 7) is 2.77. The first kappa shape index (κ1) is 19.2. The molecule has 148 valence electrons. The zero-order chi connectivity index (χ0) is 19.8. The number of carbonyl (C=O) groups is 3. The van der Waals surface area contributed by atoms with E-state index < -0.39 is 35.2 Å². The number of halogens is 3. The maximum absolute atomic E-state index is 13.0. The Bertz CT molecular complexity index is 745. The standard InChI is InChI=1S/C17H20F3N3O4/c1-11-10-12(13(27-11)17(18,19)20)14(24)22-6-8-23(9-7-22)16(26)15(25)21-4-2-3-5-21/h10H,2-9H2,1H3. The summed E-state index contributed by atoms with van der Waals surface area (Å²) in [4.78, 5) is 41.0. The Balaban J connectivity index is 1.63. The van der Waals surface area contributed by atoms with Crippen molar-refractivity contribution in [2.24, 2.45) is 0 Å². The van der Waals surface area contributed by atoms with Gasteiger partial charge >= 0.3 is 18.0 Å². The van der Waals surface area contributed by atoms with Gasteiger partial charge < -0.3 is 19.1 Å². The molecule has 27 heavy (non-hydrogen) atoms. The highest BCUT2D eigenvalue weighted by molar-refractivity contribution is 6.35. The smallest absolute Gasteiger partial charge is 0.450 e. The van der Waals surface area contributed by atoms with Crippen LogP contribution in [0.15, 0.2) is 10.5 Å². The second-order valence-electron chi connectivity index (χ2n) is 6.68. The first-order valence-electron chi connectivity index (χ1n) is 8.73. The van der Waals surface area contributed by atoms with Gasteiger partial charge in [-0.2, -0.15) is 13.2 Å². The van der Waals surface area contributed by atoms with Crippen LogP contribution in [0.1, 0.15) is 34.7 Å². The van der Waals surface area contributed by atoms with Gasteiger partial charge in [0.2, 0.25) is 5.76 Å². The van der Waals surface area contributed by atoms with E-state index in [2.05, 4.69) is 4.42 Å². The van der Waals surface area contributed by atoms with Crippen LogP contribution < -0.4 is 0 Å². The second kappa shape index (κ2) is 7.24. The predicted molar refractivity (Wildman–Crippen MR) is 86.7 cm³/mol. The van der Waals surface area contributed by atoms with Gasteiger partial charge in [0.25, 0.3) is 5.91 Å². The molecule has 7 nitrogen and oxygen atoms in total. The Morgan fingerprint density at radius 3 is 1.89 bits per heavy atom. The van der Waals surface area contributed by atoms with Gasteiger partial charge in [-0.25, -0.2) is 0 Å². The number of carbonyl (C=O) groups excluding carboxylic acids is 3. The van der Waals surface area contributed by atoms with Crippen molar-refractivity contribution in [3.8, 4) is 0 Å². The van der Waals surface area contributed by atoms with Crippen LogP contribution in [0.2, 0.25) is 0 Å². The predicted octanol–water partition coefficient (Wildman–Crippen LogP) is 1.51. The average Bonchev–Trinajstić information content (AvgIpc) is 3.29. The molecule has 3 rings (SSSR count). The van der Waals surface area contributed by atoms with Crippen molar-refractivity contribution in [1.82, 2.24) is 14.7 Å². The van der Waals surface area contributed by atoms with Crippen molar-refractivity contribution in [2.45, 2.75) is 25.9 Å². The number of amides is 3. The molecule has 10 heteroatoms. The molecular formula is C17H20F3N3O4. The molecule has 2 fully saturated rings. The topological polar surface area (TPSA) is 74.1 Å². The first-order valence-corrected chi connectivity index (χ1v) is 8.73. The molecule has 0 bridgehead atoms. The van der Waals surface area contributed by atoms with Crippen molar-refractivity contribution >= 4 is 17.7 Å². The highest BCUT2D eigenvalue weighted by atomic mass is 19.4. The Morgan fingerprint density at radius 1 is 0.889 bits per heavy atom. The van der Waals surface area contributed by atoms with Crippen molar-refractivity contribution in [3.05, 3.63) is 23.2 Å². The average molecular weight is 387 g/mol. The van der Waals surface area contributed by atoms with Gasteiger partial charge in [-0.1, -0.05) is 0 Å². The number of alkyl halides is 3. The van der Waals surface area contributed by atoms with Gasteiger partial charge in [-0.3, -0.25) is 14.4 Å². The molecule has 0 saturated carbocycles. The number of aryl methyl sites for hydroxylation is 1. The van der Waals surface area contributed by atoms with Gasteiger partial charge in [0, 0.05) is 39.3 Å². The summed E-state index contributed by atoms with van der Waals surface area (Å²) in [6.07, 6.45) is -3.03. The molecule has 0 aliphatic carbocycles. The summed E-state index contributed by atoms with van der Waals surface area (Å²) in [7, 11) is 0. The van der Waals surface area contributed by atoms with Crippen molar-refractivity contribution in [1.29, 1.82) is 0 Å². The number of furan rings is 1. The maximum atomic E-state index is 13.0. The zero-order valence-corrected chi connectivity index (χ0v) is 14.8. The van der Waals surface area contributed by atoms with Crippen molar-refractivity contribution < 1.29 is 32.0 Å². The fourth-order valence-electron chi connectivity index (χ4n) is 3.36. The Hall–Kier alpha value is -2.52. The molecular weight excluding hydrogens is 367 g/mol. The molecule has 0 N–H and O–H groups in total. The van der Waals surface area contributed by atoms with Gasteiger partial charge in [-0.15, -0.1) is 0 Å². The molecule has 2 aliphatic heterocycles. The lowest BCUT2D eigenvalue weighted by Crippen LogP contribution is -2.54. The first-order chi connectivity index (χ1) is 12.7. The second-order valence-corrected chi connectivity index (χ2v) is 6.68. The summed E-state index contributed by atoms with van der Waals surface area (Å²) in [6, 6.07) is 1.07. The van der Waals surface area contributed by atoms with Crippen LogP contribution in [-0.2, 0) is 15.8 Å². The number of hydrogen-bond acceptors (Lipinski definition) is 4. The number of likely N-dealkylation sites (tertiary alicyclic amines) is 1. The van der Waals surface area contributed by atoms with E-state index in [0.717, 1.165) is 18.9 Å². The molecule has 2 aliphatic rings. The third-order valence-electron chi connectivity index (χ3n) is 4.77. The van der Waals surface area contributed by atoms with Crippen molar-refractivity contribution in [2.75, 3.05) is 39.3 Å². The van der Waals surface area contributed by atoms with Gasteiger partial charge in [0.15, 0.2) is 0 Å². The molecule has 1 aromatic heterocycles. The lowest BCUT2D eigenvalue weighted by Gasteiger charge is -2.35. The summed E-state index contributed by atoms with van der Waals surface area (Å²) in [5.41, 5.74) is -0.534. The Morgan fingerprint density at radius 2 is 1.37 bits per heavy atom. The molecule has 1 aromatic rings. The van der Waals surface area contributed by atoms with Gasteiger partial charge in [-0.05, 0) is 25.8 Å². The molecule has 3 amide bonds. The van der Waals surface area contributed by atoms with E-state index in [-0.39, 0.29) is 31.9 Å². The van der Waals surface area contributed by atoms with E-state index in [0.29, 0.717) is 13.1 Å².